The van der Waals surface area contributed by atoms with Gasteiger partial charge in [0.05, 0.1) is 5.92 Å². The Balaban J connectivity index is 1.96. The number of halogens is 4. The van der Waals surface area contributed by atoms with Crippen molar-refractivity contribution in [1.29, 1.82) is 0 Å². The van der Waals surface area contributed by atoms with Crippen molar-refractivity contribution in [2.45, 2.75) is 64.3 Å². The normalized spacial score (nSPS) is 24.6. The molecule has 2 amide bonds. The Morgan fingerprint density at radius 2 is 1.69 bits per heavy atom. The van der Waals surface area contributed by atoms with Gasteiger partial charge in [0.1, 0.15) is 12.0 Å². The van der Waals surface area contributed by atoms with Crippen LogP contribution >= 0.6 is 11.6 Å². The third-order valence-electron chi connectivity index (χ3n) is 5.96. The number of alkyl halides is 3. The molecular weight excluding hydrogens is 447 g/mol. The van der Waals surface area contributed by atoms with E-state index in [1.807, 2.05) is 0 Å². The molecule has 1 heterocycles. The van der Waals surface area contributed by atoms with Crippen LogP contribution in [0.1, 0.15) is 46.5 Å². The lowest BCUT2D eigenvalue weighted by Crippen LogP contribution is -2.61. The fourth-order valence-electron chi connectivity index (χ4n) is 4.44. The van der Waals surface area contributed by atoms with E-state index in [9.17, 15) is 27.9 Å². The molecule has 3 rings (SSSR count). The first-order chi connectivity index (χ1) is 14.8. The van der Waals surface area contributed by atoms with E-state index in [0.29, 0.717) is 10.7 Å². The summed E-state index contributed by atoms with van der Waals surface area (Å²) in [7, 11) is 0. The molecule has 1 aromatic carbocycles. The highest BCUT2D eigenvalue weighted by Crippen LogP contribution is 2.42. The SMILES string of the molecule is CC(C)(C)N(C(=O)O)C1=CC(=O)N(c2ccc(Cl)cc2)C([C@H]2CC[C@@H](C(F)(F)F)CC2)N1. The van der Waals surface area contributed by atoms with Gasteiger partial charge in [-0.2, -0.15) is 13.2 Å². The molecule has 1 saturated carbocycles. The van der Waals surface area contributed by atoms with E-state index < -0.39 is 35.8 Å². The van der Waals surface area contributed by atoms with E-state index in [4.69, 9.17) is 11.6 Å². The number of hydrogen-bond donors (Lipinski definition) is 2. The van der Waals surface area contributed by atoms with Crippen molar-refractivity contribution < 1.29 is 27.9 Å². The maximum atomic E-state index is 13.2. The number of hydrogen-bond acceptors (Lipinski definition) is 3. The van der Waals surface area contributed by atoms with Gasteiger partial charge < -0.3 is 10.4 Å². The summed E-state index contributed by atoms with van der Waals surface area (Å²) in [5, 5.41) is 13.4. The number of nitrogens with zero attached hydrogens (tertiary/aromatic N) is 2. The van der Waals surface area contributed by atoms with Crippen molar-refractivity contribution in [3.05, 3.63) is 41.2 Å². The zero-order valence-electron chi connectivity index (χ0n) is 18.1. The molecule has 1 aliphatic heterocycles. The first-order valence-electron chi connectivity index (χ1n) is 10.5. The smallest absolute Gasteiger partial charge is 0.413 e. The first-order valence-corrected chi connectivity index (χ1v) is 10.8. The van der Waals surface area contributed by atoms with Gasteiger partial charge in [0.2, 0.25) is 0 Å². The van der Waals surface area contributed by atoms with Crippen molar-refractivity contribution in [3.8, 4) is 0 Å². The quantitative estimate of drug-likeness (QED) is 0.600. The topological polar surface area (TPSA) is 72.9 Å². The summed E-state index contributed by atoms with van der Waals surface area (Å²) < 4.78 is 39.5. The van der Waals surface area contributed by atoms with Crippen LogP contribution in [-0.4, -0.2) is 39.9 Å². The van der Waals surface area contributed by atoms with Gasteiger partial charge in [-0.1, -0.05) is 11.6 Å². The van der Waals surface area contributed by atoms with Gasteiger partial charge in [0.15, 0.2) is 0 Å². The third kappa shape index (κ3) is 5.14. The standard InChI is InChI=1S/C22H27ClF3N3O3/c1-21(2,3)29(20(31)32)17-12-18(30)28(16-10-8-15(23)9-11-16)19(27-17)13-4-6-14(7-5-13)22(24,25)26/h8-14,19,27H,4-7H2,1-3H3,(H,31,32)/t13-,14+,19?. The molecule has 1 unspecified atom stereocenters. The van der Waals surface area contributed by atoms with Gasteiger partial charge in [-0.3, -0.25) is 14.6 Å². The Kier molecular flexibility index (Phi) is 6.70. The second-order valence-corrected chi connectivity index (χ2v) is 9.68. The van der Waals surface area contributed by atoms with Gasteiger partial charge in [0, 0.05) is 22.3 Å². The van der Waals surface area contributed by atoms with Crippen LogP contribution in [0.2, 0.25) is 5.02 Å². The average molecular weight is 474 g/mol. The predicted octanol–water partition coefficient (Wildman–Crippen LogP) is 5.59. The van der Waals surface area contributed by atoms with E-state index in [2.05, 4.69) is 5.32 Å². The second-order valence-electron chi connectivity index (χ2n) is 9.25. The summed E-state index contributed by atoms with van der Waals surface area (Å²) in [6.07, 6.45) is -4.50. The largest absolute Gasteiger partial charge is 0.465 e. The number of carbonyl (C=O) groups is 2. The molecule has 32 heavy (non-hydrogen) atoms. The number of carbonyl (C=O) groups excluding carboxylic acids is 1. The minimum atomic E-state index is -4.24. The van der Waals surface area contributed by atoms with E-state index in [1.54, 1.807) is 45.0 Å². The number of benzene rings is 1. The lowest BCUT2D eigenvalue weighted by atomic mass is 9.79. The molecule has 1 aromatic rings. The Hall–Kier alpha value is -2.42. The molecule has 2 N–H and O–H groups in total. The minimum absolute atomic E-state index is 0.0318. The lowest BCUT2D eigenvalue weighted by Gasteiger charge is -2.46. The zero-order valence-corrected chi connectivity index (χ0v) is 18.9. The summed E-state index contributed by atoms with van der Waals surface area (Å²) >= 11 is 5.97. The Morgan fingerprint density at radius 3 is 2.16 bits per heavy atom. The predicted molar refractivity (Wildman–Crippen MR) is 115 cm³/mol. The van der Waals surface area contributed by atoms with Crippen LogP contribution in [0.3, 0.4) is 0 Å². The molecule has 0 radical (unpaired) electrons. The van der Waals surface area contributed by atoms with Crippen LogP contribution in [-0.2, 0) is 4.79 Å². The fourth-order valence-corrected chi connectivity index (χ4v) is 4.57. The van der Waals surface area contributed by atoms with Gasteiger partial charge in [-0.15, -0.1) is 0 Å². The first kappa shape index (κ1) is 24.2. The number of nitrogens with one attached hydrogen (secondary N) is 1. The third-order valence-corrected chi connectivity index (χ3v) is 6.21. The highest BCUT2D eigenvalue weighted by Gasteiger charge is 2.45. The Labute approximate surface area is 190 Å². The molecule has 2 aliphatic rings. The van der Waals surface area contributed by atoms with E-state index in [1.165, 1.54) is 11.0 Å². The Morgan fingerprint density at radius 1 is 1.12 bits per heavy atom. The van der Waals surface area contributed by atoms with Crippen LogP contribution in [0.25, 0.3) is 0 Å². The van der Waals surface area contributed by atoms with Crippen LogP contribution in [0.4, 0.5) is 23.7 Å². The van der Waals surface area contributed by atoms with Gasteiger partial charge >= 0.3 is 12.3 Å². The molecular formula is C22H27ClF3N3O3. The molecule has 0 bridgehead atoms. The maximum Gasteiger partial charge on any atom is 0.413 e. The maximum absolute atomic E-state index is 13.2. The number of carboxylic acid groups (broad SMARTS) is 1. The van der Waals surface area contributed by atoms with Crippen molar-refractivity contribution in [3.63, 3.8) is 0 Å². The van der Waals surface area contributed by atoms with Crippen molar-refractivity contribution in [2.24, 2.45) is 11.8 Å². The van der Waals surface area contributed by atoms with E-state index in [0.717, 1.165) is 4.90 Å². The second kappa shape index (κ2) is 8.84. The summed E-state index contributed by atoms with van der Waals surface area (Å²) in [4.78, 5) is 27.7. The number of anilines is 1. The van der Waals surface area contributed by atoms with Crippen LogP contribution < -0.4 is 10.2 Å². The highest BCUT2D eigenvalue weighted by molar-refractivity contribution is 6.30. The molecule has 1 aliphatic carbocycles. The monoisotopic (exact) mass is 473 g/mol. The van der Waals surface area contributed by atoms with Gasteiger partial charge in [0.25, 0.3) is 5.91 Å². The van der Waals surface area contributed by atoms with E-state index in [-0.39, 0.29) is 37.4 Å². The van der Waals surface area contributed by atoms with Crippen LogP contribution in [0.15, 0.2) is 36.2 Å². The van der Waals surface area contributed by atoms with Gasteiger partial charge in [-0.05, 0) is 76.6 Å². The molecule has 0 spiro atoms. The molecule has 176 valence electrons. The van der Waals surface area contributed by atoms with Crippen molar-refractivity contribution in [2.75, 3.05) is 4.90 Å². The van der Waals surface area contributed by atoms with Gasteiger partial charge in [-0.25, -0.2) is 4.79 Å². The van der Waals surface area contributed by atoms with Crippen molar-refractivity contribution >= 4 is 29.3 Å². The Bertz CT molecular complexity index is 888. The lowest BCUT2D eigenvalue weighted by molar-refractivity contribution is -0.184. The minimum Gasteiger partial charge on any atom is -0.465 e. The molecule has 6 nitrogen and oxygen atoms in total. The molecule has 0 aromatic heterocycles. The summed E-state index contributed by atoms with van der Waals surface area (Å²) in [6, 6.07) is 6.57. The summed E-state index contributed by atoms with van der Waals surface area (Å²) in [5.41, 5.74) is -0.311. The molecule has 1 fully saturated rings. The fraction of sp³-hybridized carbons (Fsp3) is 0.545. The molecule has 10 heteroatoms. The zero-order chi connectivity index (χ0) is 23.8. The number of amides is 2. The summed E-state index contributed by atoms with van der Waals surface area (Å²) in [5.74, 6) is -1.97. The molecule has 1 atom stereocenters. The van der Waals surface area contributed by atoms with Crippen LogP contribution in [0, 0.1) is 11.8 Å². The highest BCUT2D eigenvalue weighted by atomic mass is 35.5. The number of rotatable bonds is 3. The molecule has 0 saturated heterocycles. The van der Waals surface area contributed by atoms with Crippen molar-refractivity contribution in [1.82, 2.24) is 10.2 Å². The van der Waals surface area contributed by atoms with E-state index >= 15 is 0 Å². The average Bonchev–Trinajstić information content (AvgIpc) is 2.66. The summed E-state index contributed by atoms with van der Waals surface area (Å²) in [6.45, 7) is 5.09. The van der Waals surface area contributed by atoms with Crippen LogP contribution in [0.5, 0.6) is 0 Å².